The number of ether oxygens (including phenoxy) is 2. The molecule has 1 atom stereocenters. The second kappa shape index (κ2) is 6.76. The average molecular weight is 336 g/mol. The first-order valence-electron chi connectivity index (χ1n) is 7.88. The maximum absolute atomic E-state index is 12.1. The molecule has 2 heterocycles. The lowest BCUT2D eigenvalue weighted by Gasteiger charge is -2.26. The summed E-state index contributed by atoms with van der Waals surface area (Å²) in [6, 6.07) is 3.44. The second-order valence-corrected chi connectivity index (χ2v) is 7.00. The van der Waals surface area contributed by atoms with Crippen LogP contribution in [0.3, 0.4) is 0 Å². The zero-order chi connectivity index (χ0) is 18.0. The Hall–Kier alpha value is -2.15. The molecular formula is C17H24N2O5. The van der Waals surface area contributed by atoms with Crippen LogP contribution in [0.2, 0.25) is 0 Å². The Morgan fingerprint density at radius 2 is 2.08 bits per heavy atom. The lowest BCUT2D eigenvalue weighted by molar-refractivity contribution is -0.142. The van der Waals surface area contributed by atoms with Crippen molar-refractivity contribution in [3.8, 4) is 0 Å². The van der Waals surface area contributed by atoms with Crippen LogP contribution in [0.1, 0.15) is 45.4 Å². The molecule has 1 aliphatic rings. The van der Waals surface area contributed by atoms with E-state index >= 15 is 0 Å². The van der Waals surface area contributed by atoms with Crippen molar-refractivity contribution in [3.05, 3.63) is 29.6 Å². The molecule has 0 spiro atoms. The summed E-state index contributed by atoms with van der Waals surface area (Å²) in [5, 5.41) is 10.8. The van der Waals surface area contributed by atoms with Crippen LogP contribution in [0.4, 0.5) is 4.79 Å². The highest BCUT2D eigenvalue weighted by Gasteiger charge is 2.41. The Balaban J connectivity index is 2.01. The van der Waals surface area contributed by atoms with Crippen LogP contribution in [-0.2, 0) is 26.5 Å². The highest BCUT2D eigenvalue weighted by atomic mass is 16.6. The van der Waals surface area contributed by atoms with E-state index in [0.717, 1.165) is 0 Å². The second-order valence-electron chi connectivity index (χ2n) is 7.00. The van der Waals surface area contributed by atoms with Gasteiger partial charge in [-0.25, -0.2) is 4.79 Å². The number of hydrogen-bond acceptors (Lipinski definition) is 6. The van der Waals surface area contributed by atoms with Crippen molar-refractivity contribution in [1.82, 2.24) is 9.88 Å². The van der Waals surface area contributed by atoms with Gasteiger partial charge in [-0.2, -0.15) is 0 Å². The van der Waals surface area contributed by atoms with Gasteiger partial charge in [0, 0.05) is 25.2 Å². The van der Waals surface area contributed by atoms with E-state index in [1.165, 1.54) is 11.8 Å². The molecule has 132 valence electrons. The fourth-order valence-electron chi connectivity index (χ4n) is 2.47. The molecule has 0 bridgehead atoms. The average Bonchev–Trinajstić information content (AvgIpc) is 2.88. The molecule has 1 aromatic rings. The van der Waals surface area contributed by atoms with Gasteiger partial charge >= 0.3 is 12.1 Å². The fraction of sp³-hybridized carbons (Fsp3) is 0.588. The number of β-amino-alcohol motifs (C(OH)–C–C–N with tert-alkyl or cyclic N) is 1. The molecule has 1 unspecified atom stereocenters. The monoisotopic (exact) mass is 336 g/mol. The normalized spacial score (nSPS) is 20.8. The van der Waals surface area contributed by atoms with Crippen molar-refractivity contribution in [1.29, 1.82) is 0 Å². The highest BCUT2D eigenvalue weighted by Crippen LogP contribution is 2.32. The summed E-state index contributed by atoms with van der Waals surface area (Å²) in [5.74, 6) is -0.372. The van der Waals surface area contributed by atoms with Crippen molar-refractivity contribution in [2.75, 3.05) is 13.1 Å². The Kier molecular flexibility index (Phi) is 5.13. The number of carbonyl (C=O) groups is 2. The maximum Gasteiger partial charge on any atom is 0.410 e. The minimum Gasteiger partial charge on any atom is -0.459 e. The van der Waals surface area contributed by atoms with Crippen molar-refractivity contribution in [3.63, 3.8) is 0 Å². The Morgan fingerprint density at radius 1 is 1.38 bits per heavy atom. The van der Waals surface area contributed by atoms with E-state index < -0.39 is 17.3 Å². The van der Waals surface area contributed by atoms with E-state index in [1.807, 2.05) is 0 Å². The van der Waals surface area contributed by atoms with E-state index in [1.54, 1.807) is 39.1 Å². The molecule has 1 fully saturated rings. The minimum atomic E-state index is -1.15. The third kappa shape index (κ3) is 4.67. The highest BCUT2D eigenvalue weighted by molar-refractivity contribution is 5.68. The first-order chi connectivity index (χ1) is 11.1. The van der Waals surface area contributed by atoms with Gasteiger partial charge in [0.2, 0.25) is 0 Å². The molecule has 1 N–H and O–H groups in total. The van der Waals surface area contributed by atoms with E-state index in [4.69, 9.17) is 9.47 Å². The summed E-state index contributed by atoms with van der Waals surface area (Å²) < 4.78 is 10.2. The lowest BCUT2D eigenvalue weighted by atomic mass is 9.94. The summed E-state index contributed by atoms with van der Waals surface area (Å²) >= 11 is 0. The van der Waals surface area contributed by atoms with Crippen LogP contribution >= 0.6 is 0 Å². The number of hydrogen-bond donors (Lipinski definition) is 1. The van der Waals surface area contributed by atoms with E-state index in [2.05, 4.69) is 4.98 Å². The van der Waals surface area contributed by atoms with Crippen LogP contribution in [0.25, 0.3) is 0 Å². The number of pyridine rings is 1. The van der Waals surface area contributed by atoms with Gasteiger partial charge in [-0.15, -0.1) is 0 Å². The standard InChI is InChI=1S/C17H24N2O5/c1-12(20)23-10-14-6-5-13(9-18-14)17(22)7-8-19(11-17)15(21)24-16(2,3)4/h5-6,9,22H,7-8,10-11H2,1-4H3. The number of amides is 1. The largest absolute Gasteiger partial charge is 0.459 e. The van der Waals surface area contributed by atoms with E-state index in [9.17, 15) is 14.7 Å². The number of rotatable bonds is 3. The third-order valence-corrected chi connectivity index (χ3v) is 3.68. The topological polar surface area (TPSA) is 89.0 Å². The molecule has 0 radical (unpaired) electrons. The van der Waals surface area contributed by atoms with Crippen molar-refractivity contribution >= 4 is 12.1 Å². The van der Waals surface area contributed by atoms with Crippen molar-refractivity contribution in [2.24, 2.45) is 0 Å². The van der Waals surface area contributed by atoms with Crippen LogP contribution in [0.5, 0.6) is 0 Å². The molecule has 1 aromatic heterocycles. The van der Waals surface area contributed by atoms with Gasteiger partial charge in [0.05, 0.1) is 12.2 Å². The molecule has 0 aromatic carbocycles. The van der Waals surface area contributed by atoms with Crippen molar-refractivity contribution < 1.29 is 24.2 Å². The zero-order valence-electron chi connectivity index (χ0n) is 14.5. The zero-order valence-corrected chi connectivity index (χ0v) is 14.5. The van der Waals surface area contributed by atoms with Crippen LogP contribution in [0.15, 0.2) is 18.3 Å². The summed E-state index contributed by atoms with van der Waals surface area (Å²) in [5.41, 5.74) is -0.499. The molecule has 2 rings (SSSR count). The quantitative estimate of drug-likeness (QED) is 0.849. The molecule has 1 saturated heterocycles. The SMILES string of the molecule is CC(=O)OCc1ccc(C2(O)CCN(C(=O)OC(C)(C)C)C2)cn1. The summed E-state index contributed by atoms with van der Waals surface area (Å²) in [6.45, 7) is 7.42. The molecule has 7 nitrogen and oxygen atoms in total. The van der Waals surface area contributed by atoms with Crippen LogP contribution in [-0.4, -0.2) is 45.7 Å². The number of esters is 1. The number of aromatic nitrogens is 1. The predicted molar refractivity (Wildman–Crippen MR) is 86.0 cm³/mol. The van der Waals surface area contributed by atoms with Gasteiger partial charge in [-0.05, 0) is 33.3 Å². The Bertz CT molecular complexity index is 608. The number of likely N-dealkylation sites (tertiary alicyclic amines) is 1. The van der Waals surface area contributed by atoms with E-state index in [0.29, 0.717) is 24.2 Å². The summed E-state index contributed by atoms with van der Waals surface area (Å²) in [7, 11) is 0. The first-order valence-corrected chi connectivity index (χ1v) is 7.88. The molecule has 7 heteroatoms. The predicted octanol–water partition coefficient (Wildman–Crippen LogP) is 1.97. The smallest absolute Gasteiger partial charge is 0.410 e. The Morgan fingerprint density at radius 3 is 2.62 bits per heavy atom. The minimum absolute atomic E-state index is 0.0953. The number of nitrogens with zero attached hydrogens (tertiary/aromatic N) is 2. The van der Waals surface area contributed by atoms with Gasteiger partial charge < -0.3 is 19.5 Å². The van der Waals surface area contributed by atoms with Gasteiger partial charge in [0.25, 0.3) is 0 Å². The molecular weight excluding hydrogens is 312 g/mol. The maximum atomic E-state index is 12.1. The fourth-order valence-corrected chi connectivity index (χ4v) is 2.47. The summed E-state index contributed by atoms with van der Waals surface area (Å²) in [6.07, 6.45) is 1.53. The van der Waals surface area contributed by atoms with Crippen LogP contribution < -0.4 is 0 Å². The molecule has 1 amide bonds. The molecule has 0 saturated carbocycles. The molecule has 1 aliphatic heterocycles. The Labute approximate surface area is 141 Å². The number of aliphatic hydroxyl groups is 1. The number of carbonyl (C=O) groups excluding carboxylic acids is 2. The van der Waals surface area contributed by atoms with Crippen LogP contribution in [0, 0.1) is 0 Å². The van der Waals surface area contributed by atoms with Crippen molar-refractivity contribution in [2.45, 2.75) is 51.9 Å². The lowest BCUT2D eigenvalue weighted by Crippen LogP contribution is -2.38. The molecule has 0 aliphatic carbocycles. The molecule has 24 heavy (non-hydrogen) atoms. The van der Waals surface area contributed by atoms with Gasteiger partial charge in [0.15, 0.2) is 0 Å². The van der Waals surface area contributed by atoms with Gasteiger partial charge in [-0.3, -0.25) is 9.78 Å². The third-order valence-electron chi connectivity index (χ3n) is 3.68. The first kappa shape index (κ1) is 18.2. The van der Waals surface area contributed by atoms with Gasteiger partial charge in [0.1, 0.15) is 17.8 Å². The summed E-state index contributed by atoms with van der Waals surface area (Å²) in [4.78, 5) is 28.6. The van der Waals surface area contributed by atoms with E-state index in [-0.39, 0.29) is 19.1 Å². The van der Waals surface area contributed by atoms with Gasteiger partial charge in [-0.1, -0.05) is 6.07 Å².